The van der Waals surface area contributed by atoms with Crippen molar-refractivity contribution in [3.63, 3.8) is 0 Å². The molecular weight excluding hydrogens is 330 g/mol. The van der Waals surface area contributed by atoms with E-state index < -0.39 is 0 Å². The lowest BCUT2D eigenvalue weighted by Gasteiger charge is -2.33. The number of rotatable bonds is 4. The lowest BCUT2D eigenvalue weighted by Crippen LogP contribution is -2.48. The molecule has 0 radical (unpaired) electrons. The molecule has 7 nitrogen and oxygen atoms in total. The van der Waals surface area contributed by atoms with E-state index in [-0.39, 0.29) is 12.1 Å². The predicted molar refractivity (Wildman–Crippen MR) is 98.0 cm³/mol. The maximum absolute atomic E-state index is 12.0. The molecule has 1 aliphatic carbocycles. The minimum Gasteiger partial charge on any atom is -0.467 e. The Morgan fingerprint density at radius 1 is 1.23 bits per heavy atom. The van der Waals surface area contributed by atoms with Crippen LogP contribution in [0.25, 0.3) is 0 Å². The Morgan fingerprint density at radius 2 is 2.08 bits per heavy atom. The fourth-order valence-electron chi connectivity index (χ4n) is 3.70. The summed E-state index contributed by atoms with van der Waals surface area (Å²) in [4.78, 5) is 14.3. The molecular formula is C19H25N5O2. The van der Waals surface area contributed by atoms with Crippen molar-refractivity contribution in [3.8, 4) is 0 Å². The maximum atomic E-state index is 12.0. The molecule has 2 aromatic heterocycles. The predicted octanol–water partition coefficient (Wildman–Crippen LogP) is 2.42. The molecule has 2 N–H and O–H groups in total. The molecule has 0 bridgehead atoms. The molecule has 26 heavy (non-hydrogen) atoms. The Balaban J connectivity index is 1.25. The first kappa shape index (κ1) is 16.9. The van der Waals surface area contributed by atoms with Gasteiger partial charge in [0.05, 0.1) is 18.5 Å². The third-order valence-electron chi connectivity index (χ3n) is 5.21. The Morgan fingerprint density at radius 3 is 2.88 bits per heavy atom. The lowest BCUT2D eigenvalue weighted by molar-refractivity contribution is 0.233. The summed E-state index contributed by atoms with van der Waals surface area (Å²) in [6.45, 7) is 2.18. The van der Waals surface area contributed by atoms with Crippen molar-refractivity contribution in [2.24, 2.45) is 0 Å². The summed E-state index contributed by atoms with van der Waals surface area (Å²) < 4.78 is 5.21. The van der Waals surface area contributed by atoms with E-state index in [0.29, 0.717) is 6.54 Å². The third-order valence-corrected chi connectivity index (χ3v) is 5.21. The molecule has 1 fully saturated rings. The average Bonchev–Trinajstić information content (AvgIpc) is 3.20. The highest BCUT2D eigenvalue weighted by molar-refractivity contribution is 5.74. The summed E-state index contributed by atoms with van der Waals surface area (Å²) in [6, 6.07) is 5.92. The van der Waals surface area contributed by atoms with Gasteiger partial charge in [0.15, 0.2) is 5.82 Å². The van der Waals surface area contributed by atoms with Gasteiger partial charge in [0, 0.05) is 19.1 Å². The van der Waals surface area contributed by atoms with Crippen LogP contribution in [0.1, 0.15) is 42.7 Å². The molecule has 4 rings (SSSR count). The average molecular weight is 355 g/mol. The van der Waals surface area contributed by atoms with Crippen molar-refractivity contribution in [3.05, 3.63) is 41.5 Å². The minimum atomic E-state index is -0.145. The Hall–Kier alpha value is -2.57. The van der Waals surface area contributed by atoms with Crippen LogP contribution in [-0.2, 0) is 19.4 Å². The molecule has 7 heteroatoms. The standard InChI is InChI=1S/C19H25N5O2/c25-19(20-13-16-5-3-11-26-16)21-15-7-9-24(10-8-15)18-12-14-4-1-2-6-17(14)22-23-18/h3,5,11-12,15H,1-2,4,6-10,13H2,(H2,20,21,25). The van der Waals surface area contributed by atoms with Crippen molar-refractivity contribution < 1.29 is 9.21 Å². The number of carbonyl (C=O) groups excluding carboxylic acids is 1. The quantitative estimate of drug-likeness (QED) is 0.880. The Kier molecular flexibility index (Phi) is 5.04. The van der Waals surface area contributed by atoms with Gasteiger partial charge in [0.1, 0.15) is 5.76 Å². The third kappa shape index (κ3) is 3.98. The summed E-state index contributed by atoms with van der Waals surface area (Å²) in [5, 5.41) is 14.7. The molecule has 3 heterocycles. The van der Waals surface area contributed by atoms with E-state index in [0.717, 1.165) is 50.4 Å². The minimum absolute atomic E-state index is 0.145. The van der Waals surface area contributed by atoms with Gasteiger partial charge in [0.2, 0.25) is 0 Å². The summed E-state index contributed by atoms with van der Waals surface area (Å²) >= 11 is 0. The number of amides is 2. The van der Waals surface area contributed by atoms with Crippen molar-refractivity contribution in [2.75, 3.05) is 18.0 Å². The highest BCUT2D eigenvalue weighted by atomic mass is 16.3. The van der Waals surface area contributed by atoms with Crippen LogP contribution < -0.4 is 15.5 Å². The van der Waals surface area contributed by atoms with Crippen molar-refractivity contribution in [1.82, 2.24) is 20.8 Å². The number of hydrogen-bond acceptors (Lipinski definition) is 5. The zero-order valence-electron chi connectivity index (χ0n) is 14.9. The Bertz CT molecular complexity index is 738. The SMILES string of the molecule is O=C(NCc1ccco1)NC1CCN(c2cc3c(nn2)CCCC3)CC1. The number of urea groups is 1. The number of aryl methyl sites for hydroxylation is 2. The first-order chi connectivity index (χ1) is 12.8. The normalized spacial score (nSPS) is 17.6. The molecule has 2 amide bonds. The summed E-state index contributed by atoms with van der Waals surface area (Å²) in [7, 11) is 0. The Labute approximate surface area is 153 Å². The highest BCUT2D eigenvalue weighted by Crippen LogP contribution is 2.24. The molecule has 2 aliphatic rings. The fourth-order valence-corrected chi connectivity index (χ4v) is 3.70. The smallest absolute Gasteiger partial charge is 0.315 e. The molecule has 0 spiro atoms. The summed E-state index contributed by atoms with van der Waals surface area (Å²) in [6.07, 6.45) is 8.07. The maximum Gasteiger partial charge on any atom is 0.315 e. The van der Waals surface area contributed by atoms with Gasteiger partial charge in [-0.25, -0.2) is 4.79 Å². The van der Waals surface area contributed by atoms with E-state index in [1.54, 1.807) is 6.26 Å². The van der Waals surface area contributed by atoms with Crippen LogP contribution >= 0.6 is 0 Å². The van der Waals surface area contributed by atoms with Crippen LogP contribution in [0, 0.1) is 0 Å². The molecule has 0 aromatic carbocycles. The van der Waals surface area contributed by atoms with E-state index in [1.807, 2.05) is 12.1 Å². The van der Waals surface area contributed by atoms with Crippen molar-refractivity contribution in [2.45, 2.75) is 51.1 Å². The highest BCUT2D eigenvalue weighted by Gasteiger charge is 2.23. The largest absolute Gasteiger partial charge is 0.467 e. The molecule has 0 atom stereocenters. The zero-order valence-corrected chi connectivity index (χ0v) is 14.9. The number of nitrogens with one attached hydrogen (secondary N) is 2. The van der Waals surface area contributed by atoms with Gasteiger partial charge in [-0.15, -0.1) is 5.10 Å². The van der Waals surface area contributed by atoms with E-state index in [1.165, 1.54) is 24.1 Å². The summed E-state index contributed by atoms with van der Waals surface area (Å²) in [5.41, 5.74) is 2.53. The summed E-state index contributed by atoms with van der Waals surface area (Å²) in [5.74, 6) is 1.73. The van der Waals surface area contributed by atoms with Crippen LogP contribution in [0.4, 0.5) is 10.6 Å². The van der Waals surface area contributed by atoms with Gasteiger partial charge < -0.3 is 20.0 Å². The zero-order chi connectivity index (χ0) is 17.8. The van der Waals surface area contributed by atoms with Gasteiger partial charge in [-0.05, 0) is 62.3 Å². The fraction of sp³-hybridized carbons (Fsp3) is 0.526. The van der Waals surface area contributed by atoms with Crippen LogP contribution in [0.3, 0.4) is 0 Å². The van der Waals surface area contributed by atoms with Gasteiger partial charge in [-0.3, -0.25) is 0 Å². The molecule has 0 unspecified atom stereocenters. The van der Waals surface area contributed by atoms with Crippen molar-refractivity contribution in [1.29, 1.82) is 0 Å². The number of hydrogen-bond donors (Lipinski definition) is 2. The van der Waals surface area contributed by atoms with Gasteiger partial charge in [-0.1, -0.05) is 0 Å². The van der Waals surface area contributed by atoms with Crippen molar-refractivity contribution >= 4 is 11.8 Å². The van der Waals surface area contributed by atoms with E-state index in [4.69, 9.17) is 4.42 Å². The lowest BCUT2D eigenvalue weighted by atomic mass is 9.96. The van der Waals surface area contributed by atoms with Gasteiger partial charge in [-0.2, -0.15) is 5.10 Å². The number of fused-ring (bicyclic) bond motifs is 1. The van der Waals surface area contributed by atoms with Crippen LogP contribution in [0.15, 0.2) is 28.9 Å². The number of nitrogens with zero attached hydrogens (tertiary/aromatic N) is 3. The second-order valence-corrected chi connectivity index (χ2v) is 7.05. The topological polar surface area (TPSA) is 83.3 Å². The molecule has 1 aliphatic heterocycles. The second kappa shape index (κ2) is 7.76. The first-order valence-electron chi connectivity index (χ1n) is 9.45. The first-order valence-corrected chi connectivity index (χ1v) is 9.45. The van der Waals surface area contributed by atoms with E-state index in [9.17, 15) is 4.79 Å². The number of furan rings is 1. The van der Waals surface area contributed by atoms with E-state index in [2.05, 4.69) is 31.8 Å². The van der Waals surface area contributed by atoms with Gasteiger partial charge in [0.25, 0.3) is 0 Å². The second-order valence-electron chi connectivity index (χ2n) is 7.05. The molecule has 138 valence electrons. The van der Waals surface area contributed by atoms with Crippen LogP contribution in [-0.4, -0.2) is 35.4 Å². The van der Waals surface area contributed by atoms with Crippen LogP contribution in [0.5, 0.6) is 0 Å². The number of aromatic nitrogens is 2. The van der Waals surface area contributed by atoms with Gasteiger partial charge >= 0.3 is 6.03 Å². The number of anilines is 1. The number of piperidine rings is 1. The van der Waals surface area contributed by atoms with Crippen LogP contribution in [0.2, 0.25) is 0 Å². The molecule has 0 saturated carbocycles. The molecule has 1 saturated heterocycles. The number of carbonyl (C=O) groups is 1. The van der Waals surface area contributed by atoms with E-state index >= 15 is 0 Å². The molecule has 2 aromatic rings. The monoisotopic (exact) mass is 355 g/mol.